The molecule has 346 valence electrons. The highest BCUT2D eigenvalue weighted by molar-refractivity contribution is 5.95. The summed E-state index contributed by atoms with van der Waals surface area (Å²) in [4.78, 5) is 84.5. The minimum atomic E-state index is -5.48. The number of azide groups is 1. The lowest BCUT2D eigenvalue weighted by molar-refractivity contribution is -0.346. The van der Waals surface area contributed by atoms with Gasteiger partial charge in [-0.2, -0.15) is 13.2 Å². The maximum absolute atomic E-state index is 15.4. The van der Waals surface area contributed by atoms with Gasteiger partial charge in [0.05, 0.1) is 36.7 Å². The highest BCUT2D eigenvalue weighted by Gasteiger charge is 2.78. The number of ketones is 1. The second kappa shape index (κ2) is 16.9. The first-order valence-electron chi connectivity index (χ1n) is 19.5. The Kier molecular flexibility index (Phi) is 13.0. The Labute approximate surface area is 357 Å². The van der Waals surface area contributed by atoms with Gasteiger partial charge in [-0.15, -0.1) is 0 Å². The molecule has 0 unspecified atom stereocenters. The number of ether oxygens (including phenoxy) is 7. The summed E-state index contributed by atoms with van der Waals surface area (Å²) in [6, 6.07) is 1.75. The molecule has 4 N–H and O–H groups in total. The molecule has 1 amide bonds. The van der Waals surface area contributed by atoms with Gasteiger partial charge in [-0.25, -0.2) is 19.2 Å². The third-order valence-electron chi connectivity index (χ3n) is 12.4. The fourth-order valence-electron chi connectivity index (χ4n) is 9.29. The first-order valence-corrected chi connectivity index (χ1v) is 19.5. The number of amides is 1. The van der Waals surface area contributed by atoms with Crippen molar-refractivity contribution in [2.24, 2.45) is 21.9 Å². The molecule has 5 rings (SSSR count). The summed E-state index contributed by atoms with van der Waals surface area (Å²) in [6.07, 6.45) is -22.3. The molecule has 1 aromatic rings. The molecule has 2 bridgehead atoms. The van der Waals surface area contributed by atoms with Gasteiger partial charge in [0.1, 0.15) is 29.5 Å². The van der Waals surface area contributed by atoms with Crippen molar-refractivity contribution in [2.45, 2.75) is 134 Å². The Bertz CT molecular complexity index is 2140. The lowest BCUT2D eigenvalue weighted by Crippen LogP contribution is -2.82. The number of alkyl carbamates (subject to hydrolysis) is 1. The van der Waals surface area contributed by atoms with E-state index in [0.29, 0.717) is 0 Å². The van der Waals surface area contributed by atoms with Crippen molar-refractivity contribution in [3.8, 4) is 0 Å². The van der Waals surface area contributed by atoms with E-state index in [1.165, 1.54) is 72.0 Å². The van der Waals surface area contributed by atoms with Crippen LogP contribution in [-0.2, 0) is 47.5 Å². The van der Waals surface area contributed by atoms with Crippen LogP contribution in [0.15, 0.2) is 40.5 Å². The number of esters is 3. The number of fused-ring (bicyclic) bond motifs is 5. The van der Waals surface area contributed by atoms with Gasteiger partial charge in [-0.1, -0.05) is 31.1 Å². The zero-order chi connectivity index (χ0) is 47.4. The average Bonchev–Trinajstić information content (AvgIpc) is 3.16. The molecule has 0 spiro atoms. The summed E-state index contributed by atoms with van der Waals surface area (Å²) in [7, 11) is 0.909. The molecule has 4 aliphatic rings. The molecule has 20 nitrogen and oxygen atoms in total. The predicted molar refractivity (Wildman–Crippen MR) is 204 cm³/mol. The van der Waals surface area contributed by atoms with Crippen LogP contribution in [0.1, 0.15) is 78.6 Å². The second-order valence-corrected chi connectivity index (χ2v) is 17.6. The van der Waals surface area contributed by atoms with E-state index in [0.717, 1.165) is 20.1 Å². The Hall–Kier alpha value is -5.48. The molecule has 63 heavy (non-hydrogen) atoms. The third-order valence-corrected chi connectivity index (χ3v) is 12.4. The number of hydrogen-bond acceptors (Lipinski definition) is 17. The number of Topliss-reactive ketones (excluding diaryl/α,β-unsaturated/α-hetero) is 1. The van der Waals surface area contributed by atoms with Crippen LogP contribution >= 0.6 is 0 Å². The van der Waals surface area contributed by atoms with Crippen LogP contribution in [-0.4, -0.2) is 131 Å². The van der Waals surface area contributed by atoms with Gasteiger partial charge in [0.15, 0.2) is 29.6 Å². The first kappa shape index (κ1) is 48.6. The molecular formula is C40H49F3N4O16. The monoisotopic (exact) mass is 898 g/mol. The van der Waals surface area contributed by atoms with Crippen LogP contribution in [0, 0.1) is 16.7 Å². The van der Waals surface area contributed by atoms with E-state index in [4.69, 9.17) is 38.7 Å². The van der Waals surface area contributed by atoms with Crippen molar-refractivity contribution < 1.29 is 90.4 Å². The van der Waals surface area contributed by atoms with Gasteiger partial charge in [-0.3, -0.25) is 9.59 Å². The van der Waals surface area contributed by atoms with Crippen LogP contribution in [0.25, 0.3) is 10.4 Å². The fraction of sp³-hybridized carbons (Fsp3) is 0.650. The van der Waals surface area contributed by atoms with Crippen LogP contribution in [0.2, 0.25) is 0 Å². The summed E-state index contributed by atoms with van der Waals surface area (Å²) in [5, 5.41) is 41.3. The van der Waals surface area contributed by atoms with E-state index in [2.05, 4.69) is 10.0 Å². The molecule has 11 atom stereocenters. The Morgan fingerprint density at radius 3 is 2.27 bits per heavy atom. The molecule has 1 saturated heterocycles. The topological polar surface area (TPSA) is 289 Å². The van der Waals surface area contributed by atoms with Crippen molar-refractivity contribution in [1.29, 1.82) is 0 Å². The van der Waals surface area contributed by atoms with E-state index < -0.39 is 131 Å². The van der Waals surface area contributed by atoms with Crippen molar-refractivity contribution in [3.05, 3.63) is 51.4 Å². The minimum absolute atomic E-state index is 0.0502. The zero-order valence-electron chi connectivity index (χ0n) is 35.7. The summed E-state index contributed by atoms with van der Waals surface area (Å²) in [5.41, 5.74) is -2.12. The number of methoxy groups -OCH3 is 1. The van der Waals surface area contributed by atoms with Crippen LogP contribution < -0.4 is 5.32 Å². The molecule has 0 radical (unpaired) electrons. The number of rotatable bonds is 9. The van der Waals surface area contributed by atoms with E-state index >= 15 is 4.79 Å². The standard InChI is InChI=1S/C40H49F3N4O16/c1-17-21(59-32(53)25(50)28(40(41,42)43)45-33(54)63-35(3,4)5)15-39(56)30(61-31(52)19-11-10-12-20(13-19)46-47-44)27-37(8,22(49)14-23-38(27,16-58-23)62-18(2)48)29(51)26(60-34(55)57-9)24(17)36(39,6)7/h10-13,21-23,25-28,30,49-50,56H,14-16H2,1-9H3,(H,45,54)/t21-,22-,23+,25+,26+,27-,28+,30-,37+,38-,39+/m0/s1. The predicted octanol–water partition coefficient (Wildman–Crippen LogP) is 4.18. The molecule has 2 saturated carbocycles. The number of alkyl halides is 3. The third kappa shape index (κ3) is 8.63. The summed E-state index contributed by atoms with van der Waals surface area (Å²) in [5.74, 6) is -7.11. The van der Waals surface area contributed by atoms with E-state index in [1.807, 2.05) is 0 Å². The van der Waals surface area contributed by atoms with Gasteiger partial charge >= 0.3 is 36.3 Å². The Balaban J connectivity index is 1.77. The summed E-state index contributed by atoms with van der Waals surface area (Å²) < 4.78 is 81.7. The molecule has 0 aromatic heterocycles. The molecular weight excluding hydrogens is 849 g/mol. The number of nitrogens with zero attached hydrogens (tertiary/aromatic N) is 3. The number of halogens is 3. The Morgan fingerprint density at radius 2 is 1.73 bits per heavy atom. The van der Waals surface area contributed by atoms with Gasteiger partial charge in [0.2, 0.25) is 0 Å². The van der Waals surface area contributed by atoms with Crippen molar-refractivity contribution in [1.82, 2.24) is 5.32 Å². The smallest absolute Gasteiger partial charge is 0.456 e. The maximum atomic E-state index is 15.4. The average molecular weight is 899 g/mol. The molecule has 1 aliphatic heterocycles. The number of carbonyl (C=O) groups is 6. The van der Waals surface area contributed by atoms with Gasteiger partial charge in [0.25, 0.3) is 0 Å². The number of carbonyl (C=O) groups excluding carboxylic acids is 6. The second-order valence-electron chi connectivity index (χ2n) is 17.6. The molecule has 1 heterocycles. The number of nitrogens with one attached hydrogen (secondary N) is 1. The zero-order valence-corrected chi connectivity index (χ0v) is 35.7. The molecule has 3 fully saturated rings. The highest BCUT2D eigenvalue weighted by Crippen LogP contribution is 2.64. The van der Waals surface area contributed by atoms with Gasteiger partial charge < -0.3 is 53.8 Å². The molecule has 3 aliphatic carbocycles. The number of benzene rings is 1. The van der Waals surface area contributed by atoms with E-state index in [-0.39, 0.29) is 28.8 Å². The number of aliphatic hydroxyl groups is 3. The fourth-order valence-corrected chi connectivity index (χ4v) is 9.29. The van der Waals surface area contributed by atoms with E-state index in [9.17, 15) is 52.5 Å². The minimum Gasteiger partial charge on any atom is -0.456 e. The number of hydrogen-bond donors (Lipinski definition) is 4. The Morgan fingerprint density at radius 1 is 1.08 bits per heavy atom. The SMILES string of the molecule is COC(=O)O[C@H]1C(=O)[C@@]2(C)[C@H]([C@H](OC(=O)c3cccc(N=[N+]=[N-])c3)[C@]3(O)C[C@H](OC(=O)[C@H](O)[C@@H](NC(=O)OC(C)(C)C)C(F)(F)F)C(C)=C1C3(C)C)[C@]1(OC(C)=O)CO[C@@H]1C[C@@H]2O. The van der Waals surface area contributed by atoms with Crippen molar-refractivity contribution in [2.75, 3.05) is 13.7 Å². The highest BCUT2D eigenvalue weighted by atomic mass is 19.4. The van der Waals surface area contributed by atoms with Crippen LogP contribution in [0.3, 0.4) is 0 Å². The largest absolute Gasteiger partial charge is 0.509 e. The van der Waals surface area contributed by atoms with Gasteiger partial charge in [-0.05, 0) is 63.4 Å². The van der Waals surface area contributed by atoms with Crippen LogP contribution in [0.5, 0.6) is 0 Å². The van der Waals surface area contributed by atoms with E-state index in [1.54, 1.807) is 0 Å². The summed E-state index contributed by atoms with van der Waals surface area (Å²) in [6.45, 7) is 9.71. The quantitative estimate of drug-likeness (QED) is 0.0675. The molecule has 1 aromatic carbocycles. The lowest BCUT2D eigenvalue weighted by Gasteiger charge is -2.67. The van der Waals surface area contributed by atoms with Crippen LogP contribution in [0.4, 0.5) is 28.4 Å². The maximum Gasteiger partial charge on any atom is 0.509 e. The normalized spacial score (nSPS) is 32.0. The van der Waals surface area contributed by atoms with Gasteiger partial charge in [0, 0.05) is 35.8 Å². The molecule has 23 heteroatoms. The van der Waals surface area contributed by atoms with Crippen molar-refractivity contribution >= 4 is 41.6 Å². The summed E-state index contributed by atoms with van der Waals surface area (Å²) >= 11 is 0. The lowest BCUT2D eigenvalue weighted by atomic mass is 9.44. The van der Waals surface area contributed by atoms with Crippen molar-refractivity contribution in [3.63, 3.8) is 0 Å². The first-order chi connectivity index (χ1) is 29.0. The number of aliphatic hydroxyl groups excluding tert-OH is 2.